The predicted molar refractivity (Wildman–Crippen MR) is 91.1 cm³/mol. The number of aliphatic hydroxyl groups is 1. The molecule has 0 saturated heterocycles. The number of aromatic nitrogens is 2. The van der Waals surface area contributed by atoms with Crippen molar-refractivity contribution < 1.29 is 9.90 Å². The van der Waals surface area contributed by atoms with E-state index in [-0.39, 0.29) is 18.6 Å². The second-order valence-electron chi connectivity index (χ2n) is 5.91. The number of hydrogen-bond donors (Lipinski definition) is 2. The van der Waals surface area contributed by atoms with Gasteiger partial charge in [-0.2, -0.15) is 0 Å². The molecule has 1 aromatic heterocycles. The maximum Gasteiger partial charge on any atom is 0.244 e. The molecule has 2 rings (SSSR count). The van der Waals surface area contributed by atoms with Crippen molar-refractivity contribution in [2.75, 3.05) is 6.61 Å². The number of carbonyl (C=O) groups excluding carboxylic acids is 1. The van der Waals surface area contributed by atoms with Gasteiger partial charge in [-0.1, -0.05) is 26.0 Å². The molecule has 23 heavy (non-hydrogen) atoms. The third-order valence-corrected chi connectivity index (χ3v) is 3.45. The minimum atomic E-state index is -0.198. The molecule has 1 unspecified atom stereocenters. The molecule has 0 aliphatic rings. The molecule has 1 aromatic carbocycles. The average Bonchev–Trinajstić information content (AvgIpc) is 3.06. The van der Waals surface area contributed by atoms with E-state index >= 15 is 0 Å². The normalized spacial score (nSPS) is 12.7. The van der Waals surface area contributed by atoms with Gasteiger partial charge in [-0.3, -0.25) is 4.79 Å². The Kier molecular flexibility index (Phi) is 6.11. The molecule has 0 aliphatic heterocycles. The quantitative estimate of drug-likeness (QED) is 0.771. The Bertz CT molecular complexity index is 631. The number of nitrogens with one attached hydrogen (secondary N) is 1. The summed E-state index contributed by atoms with van der Waals surface area (Å²) in [6.45, 7) is 4.08. The number of amides is 1. The molecular formula is C18H23N3O2. The summed E-state index contributed by atoms with van der Waals surface area (Å²) in [5.41, 5.74) is 1.95. The van der Waals surface area contributed by atoms with Crippen LogP contribution in [0.15, 0.2) is 49.1 Å². The summed E-state index contributed by atoms with van der Waals surface area (Å²) < 4.78 is 1.91. The summed E-state index contributed by atoms with van der Waals surface area (Å²) in [6.07, 6.45) is 9.36. The molecule has 0 radical (unpaired) electrons. The van der Waals surface area contributed by atoms with Crippen LogP contribution in [-0.4, -0.2) is 33.2 Å². The highest BCUT2D eigenvalue weighted by Crippen LogP contribution is 2.10. The molecule has 1 atom stereocenters. The van der Waals surface area contributed by atoms with Crippen LogP contribution in [0.25, 0.3) is 11.8 Å². The Labute approximate surface area is 136 Å². The van der Waals surface area contributed by atoms with E-state index in [1.54, 1.807) is 18.6 Å². The van der Waals surface area contributed by atoms with Gasteiger partial charge in [0.05, 0.1) is 19.0 Å². The SMILES string of the molecule is CC(C)CC(CO)NC(=O)/C=C/c1ccc(-n2ccnc2)cc1. The van der Waals surface area contributed by atoms with E-state index in [9.17, 15) is 9.90 Å². The number of hydrogen-bond acceptors (Lipinski definition) is 3. The lowest BCUT2D eigenvalue weighted by Crippen LogP contribution is -2.37. The average molecular weight is 313 g/mol. The van der Waals surface area contributed by atoms with E-state index in [1.807, 2.05) is 35.0 Å². The number of carbonyl (C=O) groups is 1. The molecule has 122 valence electrons. The fourth-order valence-electron chi connectivity index (χ4n) is 2.34. The first-order valence-corrected chi connectivity index (χ1v) is 7.76. The summed E-state index contributed by atoms with van der Waals surface area (Å²) >= 11 is 0. The maximum atomic E-state index is 11.9. The van der Waals surface area contributed by atoms with Crippen LogP contribution in [-0.2, 0) is 4.79 Å². The smallest absolute Gasteiger partial charge is 0.244 e. The second kappa shape index (κ2) is 8.29. The molecular weight excluding hydrogens is 290 g/mol. The van der Waals surface area contributed by atoms with Crippen molar-refractivity contribution in [1.29, 1.82) is 0 Å². The second-order valence-corrected chi connectivity index (χ2v) is 5.91. The number of imidazole rings is 1. The van der Waals surface area contributed by atoms with Gasteiger partial charge in [0.1, 0.15) is 0 Å². The molecule has 0 bridgehead atoms. The molecule has 1 heterocycles. The van der Waals surface area contributed by atoms with Crippen molar-refractivity contribution in [2.24, 2.45) is 5.92 Å². The fourth-order valence-corrected chi connectivity index (χ4v) is 2.34. The number of nitrogens with zero attached hydrogens (tertiary/aromatic N) is 2. The Morgan fingerprint density at radius 1 is 1.35 bits per heavy atom. The first-order chi connectivity index (χ1) is 11.1. The van der Waals surface area contributed by atoms with Gasteiger partial charge in [-0.15, -0.1) is 0 Å². The van der Waals surface area contributed by atoms with Gasteiger partial charge >= 0.3 is 0 Å². The van der Waals surface area contributed by atoms with Crippen molar-refractivity contribution >= 4 is 12.0 Å². The van der Waals surface area contributed by atoms with Gasteiger partial charge in [0, 0.05) is 24.2 Å². The summed E-state index contributed by atoms with van der Waals surface area (Å²) in [4.78, 5) is 15.9. The first-order valence-electron chi connectivity index (χ1n) is 7.76. The van der Waals surface area contributed by atoms with Crippen molar-refractivity contribution in [3.8, 4) is 5.69 Å². The van der Waals surface area contributed by atoms with Crippen LogP contribution in [0.3, 0.4) is 0 Å². The summed E-state index contributed by atoms with van der Waals surface area (Å²) in [7, 11) is 0. The minimum Gasteiger partial charge on any atom is -0.394 e. The molecule has 0 fully saturated rings. The van der Waals surface area contributed by atoms with E-state index in [0.29, 0.717) is 5.92 Å². The molecule has 5 heteroatoms. The zero-order chi connectivity index (χ0) is 16.7. The lowest BCUT2D eigenvalue weighted by atomic mass is 10.0. The van der Waals surface area contributed by atoms with Crippen LogP contribution in [0.4, 0.5) is 0 Å². The van der Waals surface area contributed by atoms with Crippen molar-refractivity contribution in [1.82, 2.24) is 14.9 Å². The Balaban J connectivity index is 1.93. The lowest BCUT2D eigenvalue weighted by Gasteiger charge is -2.17. The third kappa shape index (κ3) is 5.38. The van der Waals surface area contributed by atoms with E-state index < -0.39 is 0 Å². The lowest BCUT2D eigenvalue weighted by molar-refractivity contribution is -0.117. The highest BCUT2D eigenvalue weighted by atomic mass is 16.3. The molecule has 2 N–H and O–H groups in total. The highest BCUT2D eigenvalue weighted by molar-refractivity contribution is 5.91. The van der Waals surface area contributed by atoms with Gasteiger partial charge in [0.2, 0.25) is 5.91 Å². The predicted octanol–water partition coefficient (Wildman–Crippen LogP) is 2.41. The Hall–Kier alpha value is -2.40. The maximum absolute atomic E-state index is 11.9. The first kappa shape index (κ1) is 17.0. The number of aliphatic hydroxyl groups excluding tert-OH is 1. The third-order valence-electron chi connectivity index (χ3n) is 3.45. The van der Waals surface area contributed by atoms with Crippen LogP contribution in [0, 0.1) is 5.92 Å². The van der Waals surface area contributed by atoms with E-state index in [4.69, 9.17) is 0 Å². The van der Waals surface area contributed by atoms with Crippen molar-refractivity contribution in [2.45, 2.75) is 26.3 Å². The molecule has 2 aromatic rings. The van der Waals surface area contributed by atoms with Crippen LogP contribution >= 0.6 is 0 Å². The van der Waals surface area contributed by atoms with Crippen molar-refractivity contribution in [3.63, 3.8) is 0 Å². The molecule has 1 amide bonds. The Morgan fingerprint density at radius 2 is 2.09 bits per heavy atom. The molecule has 0 aliphatic carbocycles. The van der Waals surface area contributed by atoms with Gasteiger partial charge in [0.25, 0.3) is 0 Å². The highest BCUT2D eigenvalue weighted by Gasteiger charge is 2.11. The fraction of sp³-hybridized carbons (Fsp3) is 0.333. The molecule has 0 saturated carbocycles. The van der Waals surface area contributed by atoms with Gasteiger partial charge in [-0.25, -0.2) is 4.98 Å². The Morgan fingerprint density at radius 3 is 2.65 bits per heavy atom. The zero-order valence-electron chi connectivity index (χ0n) is 13.5. The topological polar surface area (TPSA) is 67.2 Å². The largest absolute Gasteiger partial charge is 0.394 e. The van der Waals surface area contributed by atoms with Crippen LogP contribution in [0.2, 0.25) is 0 Å². The molecule has 0 spiro atoms. The standard InChI is InChI=1S/C18H23N3O2/c1-14(2)11-16(12-22)20-18(23)8-5-15-3-6-17(7-4-15)21-10-9-19-13-21/h3-10,13-14,16,22H,11-12H2,1-2H3,(H,20,23)/b8-5+. The summed E-state index contributed by atoms with van der Waals surface area (Å²) in [5, 5.41) is 12.1. The van der Waals surface area contributed by atoms with Gasteiger partial charge in [-0.05, 0) is 36.1 Å². The zero-order valence-corrected chi connectivity index (χ0v) is 13.5. The van der Waals surface area contributed by atoms with Crippen molar-refractivity contribution in [3.05, 3.63) is 54.6 Å². The minimum absolute atomic E-state index is 0.0443. The summed E-state index contributed by atoms with van der Waals surface area (Å²) in [6, 6.07) is 7.62. The van der Waals surface area contributed by atoms with E-state index in [0.717, 1.165) is 17.7 Å². The number of rotatable bonds is 7. The van der Waals surface area contributed by atoms with Gasteiger partial charge < -0.3 is 15.0 Å². The van der Waals surface area contributed by atoms with Crippen LogP contribution < -0.4 is 5.32 Å². The summed E-state index contributed by atoms with van der Waals surface area (Å²) in [5.74, 6) is 0.232. The van der Waals surface area contributed by atoms with Crippen LogP contribution in [0.5, 0.6) is 0 Å². The number of benzene rings is 1. The van der Waals surface area contributed by atoms with E-state index in [1.165, 1.54) is 6.08 Å². The monoisotopic (exact) mass is 313 g/mol. The van der Waals surface area contributed by atoms with E-state index in [2.05, 4.69) is 24.1 Å². The molecule has 5 nitrogen and oxygen atoms in total. The van der Waals surface area contributed by atoms with Crippen LogP contribution in [0.1, 0.15) is 25.8 Å². The van der Waals surface area contributed by atoms with Gasteiger partial charge in [0.15, 0.2) is 0 Å².